The van der Waals surface area contributed by atoms with Gasteiger partial charge in [-0.2, -0.15) is 23.1 Å². The van der Waals surface area contributed by atoms with Gasteiger partial charge >= 0.3 is 0 Å². The highest BCUT2D eigenvalue weighted by Crippen LogP contribution is 2.29. The number of thioether (sulfide) groups is 1. The molecular weight excluding hydrogens is 258 g/mol. The second-order valence-electron chi connectivity index (χ2n) is 5.25. The van der Waals surface area contributed by atoms with Crippen LogP contribution in [0.5, 0.6) is 0 Å². The van der Waals surface area contributed by atoms with Crippen molar-refractivity contribution < 1.29 is 0 Å². The number of nitrogens with one attached hydrogen (secondary N) is 1. The van der Waals surface area contributed by atoms with E-state index >= 15 is 0 Å². The van der Waals surface area contributed by atoms with E-state index in [1.165, 1.54) is 56.3 Å². The molecule has 0 amide bonds. The Bertz CT molecular complexity index is 304. The number of hydrogen-bond donors (Lipinski definition) is 1. The highest BCUT2D eigenvalue weighted by atomic mass is 32.2. The first-order chi connectivity index (χ1) is 8.88. The van der Waals surface area contributed by atoms with Crippen LogP contribution >= 0.6 is 23.1 Å². The maximum absolute atomic E-state index is 3.49. The molecule has 1 heterocycles. The molecule has 102 valence electrons. The third kappa shape index (κ3) is 4.94. The van der Waals surface area contributed by atoms with Crippen LogP contribution in [0.4, 0.5) is 0 Å². The van der Waals surface area contributed by atoms with E-state index in [-0.39, 0.29) is 0 Å². The molecule has 1 aliphatic rings. The molecule has 1 saturated carbocycles. The van der Waals surface area contributed by atoms with Crippen molar-refractivity contribution in [1.29, 1.82) is 0 Å². The van der Waals surface area contributed by atoms with Crippen LogP contribution in [0.15, 0.2) is 16.8 Å². The smallest absolute Gasteiger partial charge is 0.0158 e. The third-order valence-electron chi connectivity index (χ3n) is 3.86. The van der Waals surface area contributed by atoms with Gasteiger partial charge in [-0.25, -0.2) is 0 Å². The molecule has 18 heavy (non-hydrogen) atoms. The Balaban J connectivity index is 1.65. The largest absolute Gasteiger partial charge is 0.316 e. The van der Waals surface area contributed by atoms with E-state index in [1.807, 2.05) is 11.3 Å². The fourth-order valence-electron chi connectivity index (χ4n) is 2.57. The van der Waals surface area contributed by atoms with Crippen molar-refractivity contribution in [1.82, 2.24) is 5.32 Å². The first kappa shape index (κ1) is 14.4. The van der Waals surface area contributed by atoms with E-state index in [9.17, 15) is 0 Å². The molecule has 1 unspecified atom stereocenters. The zero-order chi connectivity index (χ0) is 12.6. The molecule has 1 aromatic rings. The number of aryl methyl sites for hydroxylation is 1. The van der Waals surface area contributed by atoms with Gasteiger partial charge in [-0.05, 0) is 55.1 Å². The summed E-state index contributed by atoms with van der Waals surface area (Å²) in [5.41, 5.74) is 1.50. The molecule has 1 aliphatic carbocycles. The van der Waals surface area contributed by atoms with Crippen LogP contribution in [0, 0.1) is 0 Å². The molecule has 1 aromatic heterocycles. The minimum absolute atomic E-state index is 0.678. The molecule has 3 heteroatoms. The molecule has 0 spiro atoms. The Labute approximate surface area is 120 Å². The van der Waals surface area contributed by atoms with Crippen LogP contribution in [0.2, 0.25) is 0 Å². The van der Waals surface area contributed by atoms with Gasteiger partial charge in [0.05, 0.1) is 0 Å². The summed E-state index contributed by atoms with van der Waals surface area (Å²) in [5.74, 6) is 1.28. The zero-order valence-corrected chi connectivity index (χ0v) is 13.0. The average Bonchev–Trinajstić information content (AvgIpc) is 2.93. The van der Waals surface area contributed by atoms with Crippen LogP contribution in [0.25, 0.3) is 0 Å². The number of thiophene rings is 1. The topological polar surface area (TPSA) is 12.0 Å². The molecule has 1 nitrogen and oxygen atoms in total. The summed E-state index contributed by atoms with van der Waals surface area (Å²) in [6.07, 6.45) is 9.77. The first-order valence-corrected chi connectivity index (χ1v) is 9.17. The normalized spacial score (nSPS) is 18.9. The summed E-state index contributed by atoms with van der Waals surface area (Å²) >= 11 is 4.02. The molecule has 0 saturated heterocycles. The fourth-order valence-corrected chi connectivity index (χ4v) is 4.78. The van der Waals surface area contributed by atoms with Gasteiger partial charge < -0.3 is 5.32 Å². The van der Waals surface area contributed by atoms with Crippen molar-refractivity contribution in [3.63, 3.8) is 0 Å². The lowest BCUT2D eigenvalue weighted by Gasteiger charge is -2.23. The van der Waals surface area contributed by atoms with Gasteiger partial charge in [0.15, 0.2) is 0 Å². The molecule has 0 aliphatic heterocycles. The second kappa shape index (κ2) is 8.23. The quantitative estimate of drug-likeness (QED) is 0.799. The van der Waals surface area contributed by atoms with Gasteiger partial charge in [-0.3, -0.25) is 0 Å². The van der Waals surface area contributed by atoms with Crippen molar-refractivity contribution >= 4 is 23.1 Å². The van der Waals surface area contributed by atoms with Crippen molar-refractivity contribution in [3.05, 3.63) is 22.4 Å². The molecule has 2 rings (SSSR count). The summed E-state index contributed by atoms with van der Waals surface area (Å²) in [5, 5.41) is 8.89. The van der Waals surface area contributed by atoms with Gasteiger partial charge in [0.25, 0.3) is 0 Å². The van der Waals surface area contributed by atoms with E-state index in [2.05, 4.69) is 41.0 Å². The van der Waals surface area contributed by atoms with Crippen LogP contribution in [-0.4, -0.2) is 24.1 Å². The minimum atomic E-state index is 0.678. The standard InChI is InChI=1S/C15H25NS2/c1-16-14(8-7-13-9-10-17-11-13)12-18-15-5-3-2-4-6-15/h9-11,14-16H,2-8,12H2,1H3. The Morgan fingerprint density at radius 1 is 1.39 bits per heavy atom. The first-order valence-electron chi connectivity index (χ1n) is 7.18. The Hall–Kier alpha value is 0.01000. The summed E-state index contributed by atoms with van der Waals surface area (Å²) < 4.78 is 0. The van der Waals surface area contributed by atoms with E-state index < -0.39 is 0 Å². The summed E-state index contributed by atoms with van der Waals surface area (Å²) in [6.45, 7) is 0. The second-order valence-corrected chi connectivity index (χ2v) is 7.36. The van der Waals surface area contributed by atoms with Crippen molar-refractivity contribution in [2.24, 2.45) is 0 Å². The number of hydrogen-bond acceptors (Lipinski definition) is 3. The van der Waals surface area contributed by atoms with Gasteiger partial charge in [0.1, 0.15) is 0 Å². The maximum Gasteiger partial charge on any atom is 0.0158 e. The molecular formula is C15H25NS2. The molecule has 1 N–H and O–H groups in total. The van der Waals surface area contributed by atoms with Crippen molar-refractivity contribution in [3.8, 4) is 0 Å². The maximum atomic E-state index is 3.49. The Morgan fingerprint density at radius 2 is 2.22 bits per heavy atom. The lowest BCUT2D eigenvalue weighted by Crippen LogP contribution is -2.29. The van der Waals surface area contributed by atoms with E-state index in [0.717, 1.165) is 5.25 Å². The van der Waals surface area contributed by atoms with E-state index in [0.29, 0.717) is 6.04 Å². The molecule has 0 aromatic carbocycles. The summed E-state index contributed by atoms with van der Waals surface area (Å²) in [7, 11) is 2.11. The lowest BCUT2D eigenvalue weighted by atomic mass is 10.0. The Morgan fingerprint density at radius 3 is 2.89 bits per heavy atom. The van der Waals surface area contributed by atoms with E-state index in [1.54, 1.807) is 0 Å². The highest BCUT2D eigenvalue weighted by Gasteiger charge is 2.16. The van der Waals surface area contributed by atoms with Crippen LogP contribution in [0.3, 0.4) is 0 Å². The molecule has 1 atom stereocenters. The summed E-state index contributed by atoms with van der Waals surface area (Å²) in [6, 6.07) is 2.93. The monoisotopic (exact) mass is 283 g/mol. The molecule has 0 radical (unpaired) electrons. The van der Waals surface area contributed by atoms with Gasteiger partial charge in [-0.15, -0.1) is 0 Å². The predicted molar refractivity (Wildman–Crippen MR) is 84.8 cm³/mol. The number of rotatable bonds is 7. The summed E-state index contributed by atoms with van der Waals surface area (Å²) in [4.78, 5) is 0. The molecule has 0 bridgehead atoms. The lowest BCUT2D eigenvalue weighted by molar-refractivity contribution is 0.513. The average molecular weight is 284 g/mol. The van der Waals surface area contributed by atoms with Crippen LogP contribution in [-0.2, 0) is 6.42 Å². The van der Waals surface area contributed by atoms with Crippen LogP contribution in [0.1, 0.15) is 44.1 Å². The fraction of sp³-hybridized carbons (Fsp3) is 0.733. The van der Waals surface area contributed by atoms with Crippen LogP contribution < -0.4 is 5.32 Å². The third-order valence-corrected chi connectivity index (χ3v) is 6.12. The van der Waals surface area contributed by atoms with Crippen molar-refractivity contribution in [2.45, 2.75) is 56.2 Å². The Kier molecular flexibility index (Phi) is 6.60. The predicted octanol–water partition coefficient (Wildman–Crippen LogP) is 4.33. The zero-order valence-electron chi connectivity index (χ0n) is 11.4. The SMILES string of the molecule is CNC(CCc1ccsc1)CSC1CCCCC1. The van der Waals surface area contributed by atoms with Crippen molar-refractivity contribution in [2.75, 3.05) is 12.8 Å². The minimum Gasteiger partial charge on any atom is -0.316 e. The van der Waals surface area contributed by atoms with Gasteiger partial charge in [0.2, 0.25) is 0 Å². The molecule has 1 fully saturated rings. The van der Waals surface area contributed by atoms with Gasteiger partial charge in [0, 0.05) is 17.0 Å². The highest BCUT2D eigenvalue weighted by molar-refractivity contribution is 7.99. The van der Waals surface area contributed by atoms with E-state index in [4.69, 9.17) is 0 Å². The van der Waals surface area contributed by atoms with Gasteiger partial charge in [-0.1, -0.05) is 19.3 Å².